The molecule has 1 atom stereocenters. The van der Waals surface area contributed by atoms with E-state index in [1.165, 1.54) is 23.9 Å². The minimum atomic E-state index is -1.06. The number of anilines is 3. The summed E-state index contributed by atoms with van der Waals surface area (Å²) in [6.45, 7) is 0. The summed E-state index contributed by atoms with van der Waals surface area (Å²) in [7, 11) is 1.60. The third kappa shape index (κ3) is 7.12. The van der Waals surface area contributed by atoms with Crippen molar-refractivity contribution in [2.45, 2.75) is 10.1 Å². The third-order valence-electron chi connectivity index (χ3n) is 5.42. The fourth-order valence-electron chi connectivity index (χ4n) is 3.65. The number of aromatic carboxylic acids is 1. The van der Waals surface area contributed by atoms with Crippen LogP contribution in [0.25, 0.3) is 0 Å². The highest BCUT2D eigenvalue weighted by atomic mass is 32.2. The second-order valence-electron chi connectivity index (χ2n) is 8.09. The first kappa shape index (κ1) is 26.7. The van der Waals surface area contributed by atoms with Gasteiger partial charge in [-0.1, -0.05) is 54.6 Å². The van der Waals surface area contributed by atoms with Gasteiger partial charge in [-0.3, -0.25) is 4.79 Å². The standard InChI is InChI=1S/C29H25N3O4S2/c1-36-25-16-6-5-15-24(25)32-29(37)31-22-13-8-14-23(18-22)38-26(19-9-3-2-4-10-19)27(33)30-21-12-7-11-20(17-21)28(34)35/h2-18,26H,1H3,(H,30,33)(H,34,35)(H2,31,32,37). The van der Waals surface area contributed by atoms with E-state index in [9.17, 15) is 14.7 Å². The van der Waals surface area contributed by atoms with Crippen molar-refractivity contribution < 1.29 is 19.4 Å². The maximum absolute atomic E-state index is 13.4. The molecule has 4 aromatic carbocycles. The van der Waals surface area contributed by atoms with E-state index in [-0.39, 0.29) is 11.5 Å². The van der Waals surface area contributed by atoms with Crippen LogP contribution in [0.15, 0.2) is 108 Å². The van der Waals surface area contributed by atoms with Crippen LogP contribution in [0.3, 0.4) is 0 Å². The van der Waals surface area contributed by atoms with E-state index in [2.05, 4.69) is 16.0 Å². The SMILES string of the molecule is COc1ccccc1NC(=S)Nc1cccc(SC(C(=O)Nc2cccc(C(=O)O)c2)c2ccccc2)c1. The number of para-hydroxylation sites is 2. The normalized spacial score (nSPS) is 11.2. The highest BCUT2D eigenvalue weighted by molar-refractivity contribution is 8.00. The number of carboxylic acid groups (broad SMARTS) is 1. The van der Waals surface area contributed by atoms with E-state index >= 15 is 0 Å². The summed E-state index contributed by atoms with van der Waals surface area (Å²) in [6.07, 6.45) is 0. The number of carboxylic acids is 1. The van der Waals surface area contributed by atoms with Gasteiger partial charge in [0, 0.05) is 16.3 Å². The molecule has 4 N–H and O–H groups in total. The summed E-state index contributed by atoms with van der Waals surface area (Å²) in [6, 6.07) is 30.7. The van der Waals surface area contributed by atoms with Gasteiger partial charge in [-0.25, -0.2) is 4.79 Å². The molecule has 38 heavy (non-hydrogen) atoms. The molecular formula is C29H25N3O4S2. The lowest BCUT2D eigenvalue weighted by Crippen LogP contribution is -2.20. The minimum absolute atomic E-state index is 0.100. The monoisotopic (exact) mass is 543 g/mol. The minimum Gasteiger partial charge on any atom is -0.495 e. The van der Waals surface area contributed by atoms with Crippen molar-refractivity contribution in [1.29, 1.82) is 0 Å². The Morgan fingerprint density at radius 2 is 1.50 bits per heavy atom. The van der Waals surface area contributed by atoms with E-state index in [0.717, 1.165) is 21.8 Å². The first-order chi connectivity index (χ1) is 18.4. The van der Waals surface area contributed by atoms with E-state index in [0.29, 0.717) is 16.5 Å². The topological polar surface area (TPSA) is 99.7 Å². The maximum atomic E-state index is 13.4. The van der Waals surface area contributed by atoms with Gasteiger partial charge in [0.05, 0.1) is 18.4 Å². The first-order valence-electron chi connectivity index (χ1n) is 11.6. The molecule has 192 valence electrons. The van der Waals surface area contributed by atoms with Gasteiger partial charge in [0.1, 0.15) is 11.0 Å². The molecule has 4 rings (SSSR count). The number of hydrogen-bond acceptors (Lipinski definition) is 5. The zero-order valence-corrected chi connectivity index (χ0v) is 22.0. The van der Waals surface area contributed by atoms with Crippen molar-refractivity contribution >= 4 is 58.0 Å². The number of methoxy groups -OCH3 is 1. The fourth-order valence-corrected chi connectivity index (χ4v) is 4.97. The highest BCUT2D eigenvalue weighted by Gasteiger charge is 2.23. The number of thioether (sulfide) groups is 1. The van der Waals surface area contributed by atoms with Crippen molar-refractivity contribution in [2.75, 3.05) is 23.1 Å². The fraction of sp³-hybridized carbons (Fsp3) is 0.0690. The number of nitrogens with one attached hydrogen (secondary N) is 3. The molecule has 0 radical (unpaired) electrons. The number of amides is 1. The largest absolute Gasteiger partial charge is 0.495 e. The summed E-state index contributed by atoms with van der Waals surface area (Å²) >= 11 is 6.86. The van der Waals surface area contributed by atoms with Gasteiger partial charge in [-0.05, 0) is 66.3 Å². The number of ether oxygens (including phenoxy) is 1. The lowest BCUT2D eigenvalue weighted by molar-refractivity contribution is -0.115. The molecule has 0 fully saturated rings. The molecule has 1 unspecified atom stereocenters. The summed E-state index contributed by atoms with van der Waals surface area (Å²) in [5.74, 6) is -0.653. The van der Waals surface area contributed by atoms with Crippen LogP contribution in [-0.2, 0) is 4.79 Å². The Bertz CT molecular complexity index is 1450. The number of carbonyl (C=O) groups is 2. The molecule has 4 aromatic rings. The van der Waals surface area contributed by atoms with Crippen LogP contribution in [0.4, 0.5) is 17.1 Å². The lowest BCUT2D eigenvalue weighted by Gasteiger charge is -2.18. The predicted octanol–water partition coefficient (Wildman–Crippen LogP) is 6.67. The Hall–Kier alpha value is -4.34. The van der Waals surface area contributed by atoms with Gasteiger partial charge in [0.2, 0.25) is 5.91 Å². The van der Waals surface area contributed by atoms with Crippen LogP contribution < -0.4 is 20.7 Å². The lowest BCUT2D eigenvalue weighted by atomic mass is 10.1. The van der Waals surface area contributed by atoms with Crippen molar-refractivity contribution in [3.8, 4) is 5.75 Å². The van der Waals surface area contributed by atoms with E-state index in [1.807, 2.05) is 78.9 Å². The Balaban J connectivity index is 1.51. The average molecular weight is 544 g/mol. The van der Waals surface area contributed by atoms with Crippen LogP contribution in [0.5, 0.6) is 5.75 Å². The molecule has 0 saturated heterocycles. The zero-order chi connectivity index (χ0) is 26.9. The Morgan fingerprint density at radius 1 is 0.816 bits per heavy atom. The van der Waals surface area contributed by atoms with Gasteiger partial charge in [-0.2, -0.15) is 0 Å². The Labute approximate surface area is 230 Å². The molecule has 0 spiro atoms. The van der Waals surface area contributed by atoms with Gasteiger partial charge < -0.3 is 25.8 Å². The molecular weight excluding hydrogens is 518 g/mol. The summed E-state index contributed by atoms with van der Waals surface area (Å²) < 4.78 is 5.36. The smallest absolute Gasteiger partial charge is 0.335 e. The van der Waals surface area contributed by atoms with E-state index < -0.39 is 11.2 Å². The second kappa shape index (κ2) is 12.8. The van der Waals surface area contributed by atoms with Crippen LogP contribution >= 0.6 is 24.0 Å². The van der Waals surface area contributed by atoms with E-state index in [1.54, 1.807) is 19.2 Å². The number of hydrogen-bond donors (Lipinski definition) is 4. The summed E-state index contributed by atoms with van der Waals surface area (Å²) in [5.41, 5.74) is 2.83. The van der Waals surface area contributed by atoms with Gasteiger partial charge >= 0.3 is 5.97 Å². The molecule has 7 nitrogen and oxygen atoms in total. The molecule has 0 aliphatic heterocycles. The average Bonchev–Trinajstić information content (AvgIpc) is 2.92. The van der Waals surface area contributed by atoms with Crippen molar-refractivity contribution in [3.05, 3.63) is 114 Å². The third-order valence-corrected chi connectivity index (χ3v) is 6.87. The summed E-state index contributed by atoms with van der Waals surface area (Å²) in [5, 5.41) is 18.3. The van der Waals surface area contributed by atoms with Crippen LogP contribution in [-0.4, -0.2) is 29.2 Å². The first-order valence-corrected chi connectivity index (χ1v) is 12.9. The predicted molar refractivity (Wildman–Crippen MR) is 156 cm³/mol. The summed E-state index contributed by atoms with van der Waals surface area (Å²) in [4.78, 5) is 25.6. The molecule has 9 heteroatoms. The Morgan fingerprint density at radius 3 is 2.24 bits per heavy atom. The highest BCUT2D eigenvalue weighted by Crippen LogP contribution is 2.37. The van der Waals surface area contributed by atoms with Gasteiger partial charge in [0.15, 0.2) is 5.11 Å². The number of rotatable bonds is 9. The molecule has 0 saturated carbocycles. The molecule has 0 heterocycles. The molecule has 0 aliphatic carbocycles. The maximum Gasteiger partial charge on any atom is 0.335 e. The molecule has 0 aromatic heterocycles. The van der Waals surface area contributed by atoms with Gasteiger partial charge in [-0.15, -0.1) is 11.8 Å². The number of benzene rings is 4. The Kier molecular flexibility index (Phi) is 8.97. The van der Waals surface area contributed by atoms with Crippen molar-refractivity contribution in [1.82, 2.24) is 0 Å². The number of carbonyl (C=O) groups excluding carboxylic acids is 1. The van der Waals surface area contributed by atoms with Crippen molar-refractivity contribution in [2.24, 2.45) is 0 Å². The number of thiocarbonyl (C=S) groups is 1. The second-order valence-corrected chi connectivity index (χ2v) is 9.68. The van der Waals surface area contributed by atoms with Crippen LogP contribution in [0.2, 0.25) is 0 Å². The van der Waals surface area contributed by atoms with Gasteiger partial charge in [0.25, 0.3) is 0 Å². The molecule has 0 aliphatic rings. The van der Waals surface area contributed by atoms with Crippen LogP contribution in [0.1, 0.15) is 21.2 Å². The quantitative estimate of drug-likeness (QED) is 0.137. The zero-order valence-electron chi connectivity index (χ0n) is 20.4. The molecule has 1 amide bonds. The van der Waals surface area contributed by atoms with Crippen molar-refractivity contribution in [3.63, 3.8) is 0 Å². The molecule has 0 bridgehead atoms. The van der Waals surface area contributed by atoms with E-state index in [4.69, 9.17) is 17.0 Å². The van der Waals surface area contributed by atoms with Crippen LogP contribution in [0, 0.1) is 0 Å².